The van der Waals surface area contributed by atoms with Crippen LogP contribution in [0.15, 0.2) is 28.9 Å². The Hall–Kier alpha value is -2.22. The lowest BCUT2D eigenvalue weighted by Gasteiger charge is -2.08. The predicted octanol–water partition coefficient (Wildman–Crippen LogP) is 2.43. The highest BCUT2D eigenvalue weighted by Crippen LogP contribution is 2.26. The fraction of sp³-hybridized carbons (Fsp3) is 0.154. The molecule has 3 rings (SSSR count). The molecule has 1 aromatic carbocycles. The third-order valence-electron chi connectivity index (χ3n) is 2.92. The van der Waals surface area contributed by atoms with Gasteiger partial charge in [-0.05, 0) is 28.1 Å². The van der Waals surface area contributed by atoms with Crippen LogP contribution in [0.3, 0.4) is 0 Å². The van der Waals surface area contributed by atoms with E-state index in [9.17, 15) is 4.39 Å². The SMILES string of the molecule is Cn1ncc2c(N)nc(COc3cc(F)ccc3Br)nc21. The molecule has 2 heterocycles. The minimum absolute atomic E-state index is 0.0768. The van der Waals surface area contributed by atoms with Gasteiger partial charge in [-0.15, -0.1) is 0 Å². The third-order valence-corrected chi connectivity index (χ3v) is 3.57. The standard InChI is InChI=1S/C13H11BrFN5O/c1-20-13-8(5-17-20)12(16)18-11(19-13)6-21-10-4-7(15)2-3-9(10)14/h2-5H,6H2,1H3,(H2,16,18,19). The van der Waals surface area contributed by atoms with E-state index < -0.39 is 0 Å². The average molecular weight is 352 g/mol. The van der Waals surface area contributed by atoms with Crippen LogP contribution >= 0.6 is 15.9 Å². The van der Waals surface area contributed by atoms with Crippen molar-refractivity contribution in [3.63, 3.8) is 0 Å². The third kappa shape index (κ3) is 2.66. The summed E-state index contributed by atoms with van der Waals surface area (Å²) in [6.07, 6.45) is 1.61. The highest BCUT2D eigenvalue weighted by molar-refractivity contribution is 9.10. The van der Waals surface area contributed by atoms with Gasteiger partial charge in [-0.2, -0.15) is 5.10 Å². The summed E-state index contributed by atoms with van der Waals surface area (Å²) in [5, 5.41) is 4.77. The Morgan fingerprint density at radius 2 is 2.19 bits per heavy atom. The van der Waals surface area contributed by atoms with Crippen molar-refractivity contribution < 1.29 is 9.13 Å². The summed E-state index contributed by atoms with van der Waals surface area (Å²) in [6.45, 7) is 0.0768. The van der Waals surface area contributed by atoms with Crippen LogP contribution in [0.2, 0.25) is 0 Å². The lowest BCUT2D eigenvalue weighted by atomic mass is 10.3. The van der Waals surface area contributed by atoms with Crippen molar-refractivity contribution in [1.29, 1.82) is 0 Å². The number of hydrogen-bond donors (Lipinski definition) is 1. The van der Waals surface area contributed by atoms with Crippen LogP contribution < -0.4 is 10.5 Å². The molecule has 0 amide bonds. The Labute approximate surface area is 127 Å². The number of aryl methyl sites for hydroxylation is 1. The van der Waals surface area contributed by atoms with Gasteiger partial charge in [0.1, 0.15) is 24.0 Å². The molecule has 3 aromatic rings. The van der Waals surface area contributed by atoms with E-state index in [1.807, 2.05) is 0 Å². The van der Waals surface area contributed by atoms with Crippen LogP contribution in [0.4, 0.5) is 10.2 Å². The van der Waals surface area contributed by atoms with Gasteiger partial charge in [0.2, 0.25) is 0 Å². The quantitative estimate of drug-likeness (QED) is 0.783. The molecule has 0 saturated carbocycles. The van der Waals surface area contributed by atoms with Crippen molar-refractivity contribution in [2.45, 2.75) is 6.61 Å². The summed E-state index contributed by atoms with van der Waals surface area (Å²) in [5.41, 5.74) is 6.49. The second-order valence-electron chi connectivity index (χ2n) is 4.39. The van der Waals surface area contributed by atoms with Crippen LogP contribution in [-0.2, 0) is 13.7 Å². The van der Waals surface area contributed by atoms with Gasteiger partial charge in [0, 0.05) is 13.1 Å². The zero-order valence-corrected chi connectivity index (χ0v) is 12.6. The Morgan fingerprint density at radius 3 is 3.00 bits per heavy atom. The maximum absolute atomic E-state index is 13.2. The Kier molecular flexibility index (Phi) is 3.46. The van der Waals surface area contributed by atoms with E-state index in [1.54, 1.807) is 24.0 Å². The van der Waals surface area contributed by atoms with Gasteiger partial charge in [-0.3, -0.25) is 4.68 Å². The number of benzene rings is 1. The molecular formula is C13H11BrFN5O. The number of halogens is 2. The zero-order chi connectivity index (χ0) is 15.0. The van der Waals surface area contributed by atoms with Crippen molar-refractivity contribution in [2.24, 2.45) is 7.05 Å². The molecule has 108 valence electrons. The normalized spacial score (nSPS) is 11.0. The number of hydrogen-bond acceptors (Lipinski definition) is 5. The molecule has 0 aliphatic heterocycles. The van der Waals surface area contributed by atoms with Crippen molar-refractivity contribution in [1.82, 2.24) is 19.7 Å². The molecule has 0 fully saturated rings. The Bertz CT molecular complexity index is 820. The summed E-state index contributed by atoms with van der Waals surface area (Å²) in [6, 6.07) is 4.20. The molecule has 21 heavy (non-hydrogen) atoms. The first kappa shape index (κ1) is 13.7. The molecule has 0 aliphatic carbocycles. The molecule has 2 aromatic heterocycles. The fourth-order valence-corrected chi connectivity index (χ4v) is 2.25. The van der Waals surface area contributed by atoms with E-state index in [0.717, 1.165) is 0 Å². The lowest BCUT2D eigenvalue weighted by molar-refractivity contribution is 0.293. The molecule has 0 spiro atoms. The van der Waals surface area contributed by atoms with E-state index in [4.69, 9.17) is 10.5 Å². The van der Waals surface area contributed by atoms with E-state index in [0.29, 0.717) is 32.9 Å². The highest BCUT2D eigenvalue weighted by atomic mass is 79.9. The smallest absolute Gasteiger partial charge is 0.170 e. The number of fused-ring (bicyclic) bond motifs is 1. The second kappa shape index (κ2) is 5.28. The van der Waals surface area contributed by atoms with E-state index in [-0.39, 0.29) is 12.4 Å². The molecular weight excluding hydrogens is 341 g/mol. The van der Waals surface area contributed by atoms with Gasteiger partial charge in [-0.1, -0.05) is 0 Å². The van der Waals surface area contributed by atoms with Gasteiger partial charge in [0.15, 0.2) is 11.5 Å². The van der Waals surface area contributed by atoms with E-state index in [1.165, 1.54) is 12.1 Å². The minimum Gasteiger partial charge on any atom is -0.484 e. The van der Waals surface area contributed by atoms with Gasteiger partial charge in [0.25, 0.3) is 0 Å². The number of nitrogens with two attached hydrogens (primary N) is 1. The molecule has 0 radical (unpaired) electrons. The van der Waals surface area contributed by atoms with Crippen molar-refractivity contribution in [3.05, 3.63) is 40.5 Å². The Balaban J connectivity index is 1.88. The molecule has 0 saturated heterocycles. The van der Waals surface area contributed by atoms with Gasteiger partial charge in [-0.25, -0.2) is 14.4 Å². The Morgan fingerprint density at radius 1 is 1.38 bits per heavy atom. The van der Waals surface area contributed by atoms with Gasteiger partial charge < -0.3 is 10.5 Å². The monoisotopic (exact) mass is 351 g/mol. The zero-order valence-electron chi connectivity index (χ0n) is 11.0. The van der Waals surface area contributed by atoms with Crippen LogP contribution in [0.5, 0.6) is 5.75 Å². The van der Waals surface area contributed by atoms with Crippen LogP contribution in [-0.4, -0.2) is 19.7 Å². The number of nitrogens with zero attached hydrogens (tertiary/aromatic N) is 4. The van der Waals surface area contributed by atoms with Crippen LogP contribution in [0.25, 0.3) is 11.0 Å². The number of nitrogen functional groups attached to an aromatic ring is 1. The molecule has 8 heteroatoms. The summed E-state index contributed by atoms with van der Waals surface area (Å²) in [4.78, 5) is 8.50. The summed E-state index contributed by atoms with van der Waals surface area (Å²) in [5.74, 6) is 0.739. The molecule has 6 nitrogen and oxygen atoms in total. The maximum atomic E-state index is 13.2. The van der Waals surface area contributed by atoms with E-state index in [2.05, 4.69) is 31.0 Å². The minimum atomic E-state index is -0.379. The lowest BCUT2D eigenvalue weighted by Crippen LogP contribution is -2.06. The summed E-state index contributed by atoms with van der Waals surface area (Å²) >= 11 is 3.29. The van der Waals surface area contributed by atoms with Crippen LogP contribution in [0.1, 0.15) is 5.82 Å². The molecule has 0 aliphatic rings. The van der Waals surface area contributed by atoms with Gasteiger partial charge >= 0.3 is 0 Å². The first-order chi connectivity index (χ1) is 10.0. The highest BCUT2D eigenvalue weighted by Gasteiger charge is 2.10. The number of ether oxygens (including phenoxy) is 1. The summed E-state index contributed by atoms with van der Waals surface area (Å²) in [7, 11) is 1.77. The number of rotatable bonds is 3. The largest absolute Gasteiger partial charge is 0.484 e. The van der Waals surface area contributed by atoms with Crippen molar-refractivity contribution in [2.75, 3.05) is 5.73 Å². The topological polar surface area (TPSA) is 78.9 Å². The maximum Gasteiger partial charge on any atom is 0.170 e. The average Bonchev–Trinajstić information content (AvgIpc) is 2.82. The second-order valence-corrected chi connectivity index (χ2v) is 5.25. The van der Waals surface area contributed by atoms with E-state index >= 15 is 0 Å². The molecule has 0 bridgehead atoms. The van der Waals surface area contributed by atoms with Crippen molar-refractivity contribution in [3.8, 4) is 5.75 Å². The molecule has 0 unspecified atom stereocenters. The first-order valence-corrected chi connectivity index (χ1v) is 6.86. The van der Waals surface area contributed by atoms with Gasteiger partial charge in [0.05, 0.1) is 16.1 Å². The fourth-order valence-electron chi connectivity index (χ4n) is 1.89. The number of anilines is 1. The number of aromatic nitrogens is 4. The van der Waals surface area contributed by atoms with Crippen molar-refractivity contribution >= 4 is 32.8 Å². The van der Waals surface area contributed by atoms with Crippen LogP contribution in [0, 0.1) is 5.82 Å². The first-order valence-electron chi connectivity index (χ1n) is 6.06. The summed E-state index contributed by atoms with van der Waals surface area (Å²) < 4.78 is 21.0. The molecule has 0 atom stereocenters. The predicted molar refractivity (Wildman–Crippen MR) is 79.1 cm³/mol. The molecule has 2 N–H and O–H groups in total.